The monoisotopic (exact) mass is 323 g/mol. The van der Waals surface area contributed by atoms with Crippen LogP contribution in [-0.4, -0.2) is 24.2 Å². The lowest BCUT2D eigenvalue weighted by Gasteiger charge is -2.33. The van der Waals surface area contributed by atoms with E-state index in [-0.39, 0.29) is 0 Å². The molecule has 0 atom stereocenters. The number of hydrogen-bond acceptors (Lipinski definition) is 2. The highest BCUT2D eigenvalue weighted by Crippen LogP contribution is 2.29. The molecule has 1 aromatic rings. The van der Waals surface area contributed by atoms with E-state index in [0.29, 0.717) is 0 Å². The summed E-state index contributed by atoms with van der Waals surface area (Å²) in [7, 11) is 0. The second-order valence-electron chi connectivity index (χ2n) is 5.04. The maximum Gasteiger partial charge on any atom is 0.328 e. The van der Waals surface area contributed by atoms with Crippen molar-refractivity contribution >= 4 is 33.7 Å². The van der Waals surface area contributed by atoms with Crippen molar-refractivity contribution in [1.82, 2.24) is 0 Å². The zero-order valence-electron chi connectivity index (χ0n) is 11.0. The second-order valence-corrected chi connectivity index (χ2v) is 5.96. The number of halogens is 1. The number of hydrogen-bond donors (Lipinski definition) is 1. The van der Waals surface area contributed by atoms with E-state index in [1.807, 2.05) is 12.1 Å². The molecular weight excluding hydrogens is 306 g/mol. The van der Waals surface area contributed by atoms with E-state index in [2.05, 4.69) is 33.8 Å². The van der Waals surface area contributed by atoms with Crippen molar-refractivity contribution < 1.29 is 9.90 Å². The fraction of sp³-hybridized carbons (Fsp3) is 0.400. The molecule has 0 saturated carbocycles. The standard InChI is InChI=1S/C15H18BrNO2/c1-11-6-8-17(9-7-11)14-4-3-13(16)10-12(14)2-5-15(18)19/h2-5,10-11H,6-9H2,1H3,(H,18,19)/b5-2+. The first-order valence-electron chi connectivity index (χ1n) is 6.52. The van der Waals surface area contributed by atoms with Crippen molar-refractivity contribution in [3.8, 4) is 0 Å². The minimum Gasteiger partial charge on any atom is -0.478 e. The van der Waals surface area contributed by atoms with Gasteiger partial charge in [-0.2, -0.15) is 0 Å². The average molecular weight is 324 g/mol. The molecular formula is C15H18BrNO2. The maximum atomic E-state index is 10.7. The minimum absolute atomic E-state index is 0.782. The van der Waals surface area contributed by atoms with Gasteiger partial charge in [0.05, 0.1) is 0 Å². The smallest absolute Gasteiger partial charge is 0.328 e. The zero-order valence-corrected chi connectivity index (χ0v) is 12.6. The van der Waals surface area contributed by atoms with E-state index >= 15 is 0 Å². The molecule has 3 nitrogen and oxygen atoms in total. The van der Waals surface area contributed by atoms with Gasteiger partial charge in [0.25, 0.3) is 0 Å². The average Bonchev–Trinajstić information content (AvgIpc) is 2.38. The molecule has 1 saturated heterocycles. The Kier molecular flexibility index (Phi) is 4.64. The number of benzene rings is 1. The zero-order chi connectivity index (χ0) is 13.8. The molecule has 0 bridgehead atoms. The van der Waals surface area contributed by atoms with Gasteiger partial charge in [-0.3, -0.25) is 0 Å². The van der Waals surface area contributed by atoms with Gasteiger partial charge in [-0.25, -0.2) is 4.79 Å². The molecule has 0 spiro atoms. The number of piperidine rings is 1. The second kappa shape index (κ2) is 6.24. The van der Waals surface area contributed by atoms with Crippen LogP contribution in [0.1, 0.15) is 25.3 Å². The molecule has 4 heteroatoms. The van der Waals surface area contributed by atoms with Crippen LogP contribution >= 0.6 is 15.9 Å². The highest BCUT2D eigenvalue weighted by atomic mass is 79.9. The van der Waals surface area contributed by atoms with Crippen LogP contribution in [0.5, 0.6) is 0 Å². The van der Waals surface area contributed by atoms with Crippen LogP contribution in [0.15, 0.2) is 28.7 Å². The Labute approximate surface area is 122 Å². The molecule has 1 fully saturated rings. The maximum absolute atomic E-state index is 10.7. The van der Waals surface area contributed by atoms with Crippen LogP contribution in [-0.2, 0) is 4.79 Å². The lowest BCUT2D eigenvalue weighted by Crippen LogP contribution is -2.33. The third kappa shape index (κ3) is 3.83. The number of aliphatic carboxylic acids is 1. The Morgan fingerprint density at radius 2 is 2.11 bits per heavy atom. The van der Waals surface area contributed by atoms with Gasteiger partial charge in [-0.05, 0) is 48.6 Å². The molecule has 0 aromatic heterocycles. The molecule has 1 heterocycles. The predicted molar refractivity (Wildman–Crippen MR) is 81.4 cm³/mol. The number of rotatable bonds is 3. The Bertz CT molecular complexity index is 491. The van der Waals surface area contributed by atoms with E-state index in [1.54, 1.807) is 6.08 Å². The van der Waals surface area contributed by atoms with Gasteiger partial charge < -0.3 is 10.0 Å². The highest BCUT2D eigenvalue weighted by Gasteiger charge is 2.17. The molecule has 0 radical (unpaired) electrons. The first-order chi connectivity index (χ1) is 9.06. The summed E-state index contributed by atoms with van der Waals surface area (Å²) in [6.07, 6.45) is 5.24. The minimum atomic E-state index is -0.918. The van der Waals surface area contributed by atoms with Crippen molar-refractivity contribution in [2.75, 3.05) is 18.0 Å². The number of carboxylic acids is 1. The largest absolute Gasteiger partial charge is 0.478 e. The number of nitrogens with zero attached hydrogens (tertiary/aromatic N) is 1. The van der Waals surface area contributed by atoms with Crippen LogP contribution in [0.2, 0.25) is 0 Å². The molecule has 1 aromatic carbocycles. The van der Waals surface area contributed by atoms with Crippen molar-refractivity contribution in [3.05, 3.63) is 34.3 Å². The van der Waals surface area contributed by atoms with Crippen LogP contribution in [0.3, 0.4) is 0 Å². The Morgan fingerprint density at radius 3 is 2.74 bits per heavy atom. The van der Waals surface area contributed by atoms with E-state index in [9.17, 15) is 4.79 Å². The molecule has 0 amide bonds. The predicted octanol–water partition coefficient (Wildman–Crippen LogP) is 3.78. The molecule has 19 heavy (non-hydrogen) atoms. The summed E-state index contributed by atoms with van der Waals surface area (Å²) >= 11 is 3.44. The Balaban J connectivity index is 2.26. The van der Waals surface area contributed by atoms with Gasteiger partial charge in [-0.15, -0.1) is 0 Å². The van der Waals surface area contributed by atoms with Gasteiger partial charge in [0, 0.05) is 29.3 Å². The summed E-state index contributed by atoms with van der Waals surface area (Å²) in [6.45, 7) is 4.36. The van der Waals surface area contributed by atoms with E-state index in [0.717, 1.165) is 34.7 Å². The topological polar surface area (TPSA) is 40.5 Å². The first-order valence-corrected chi connectivity index (χ1v) is 7.31. The SMILES string of the molecule is CC1CCN(c2ccc(Br)cc2/C=C/C(=O)O)CC1. The summed E-state index contributed by atoms with van der Waals surface area (Å²) in [5.41, 5.74) is 2.07. The van der Waals surface area contributed by atoms with Gasteiger partial charge in [0.2, 0.25) is 0 Å². The summed E-state index contributed by atoms with van der Waals surface area (Å²) in [6, 6.07) is 6.03. The molecule has 0 unspecified atom stereocenters. The van der Waals surface area contributed by atoms with Crippen LogP contribution < -0.4 is 4.90 Å². The number of carboxylic acid groups (broad SMARTS) is 1. The molecule has 2 rings (SSSR count). The Hall–Kier alpha value is -1.29. The van der Waals surface area contributed by atoms with Crippen molar-refractivity contribution in [1.29, 1.82) is 0 Å². The van der Waals surface area contributed by atoms with Crippen molar-refractivity contribution in [2.45, 2.75) is 19.8 Å². The quantitative estimate of drug-likeness (QED) is 0.860. The molecule has 0 aliphatic carbocycles. The number of anilines is 1. The molecule has 1 N–H and O–H groups in total. The summed E-state index contributed by atoms with van der Waals surface area (Å²) in [5.74, 6) is -0.136. The number of carbonyl (C=O) groups is 1. The fourth-order valence-electron chi connectivity index (χ4n) is 2.36. The fourth-order valence-corrected chi connectivity index (χ4v) is 2.74. The molecule has 1 aliphatic heterocycles. The lowest BCUT2D eigenvalue weighted by atomic mass is 9.98. The van der Waals surface area contributed by atoms with Gasteiger partial charge in [0.15, 0.2) is 0 Å². The van der Waals surface area contributed by atoms with E-state index in [1.165, 1.54) is 18.9 Å². The third-order valence-electron chi connectivity index (χ3n) is 3.52. The van der Waals surface area contributed by atoms with Crippen molar-refractivity contribution in [3.63, 3.8) is 0 Å². The van der Waals surface area contributed by atoms with Crippen LogP contribution in [0.4, 0.5) is 5.69 Å². The van der Waals surface area contributed by atoms with E-state index in [4.69, 9.17) is 5.11 Å². The highest BCUT2D eigenvalue weighted by molar-refractivity contribution is 9.10. The summed E-state index contributed by atoms with van der Waals surface area (Å²) in [5, 5.41) is 8.77. The molecule has 1 aliphatic rings. The van der Waals surface area contributed by atoms with Gasteiger partial charge in [0.1, 0.15) is 0 Å². The van der Waals surface area contributed by atoms with Crippen molar-refractivity contribution in [2.24, 2.45) is 5.92 Å². The van der Waals surface area contributed by atoms with Gasteiger partial charge >= 0.3 is 5.97 Å². The van der Waals surface area contributed by atoms with Crippen LogP contribution in [0, 0.1) is 5.92 Å². The van der Waals surface area contributed by atoms with Gasteiger partial charge in [-0.1, -0.05) is 22.9 Å². The molecule has 102 valence electrons. The third-order valence-corrected chi connectivity index (χ3v) is 4.01. The summed E-state index contributed by atoms with van der Waals surface area (Å²) < 4.78 is 0.965. The lowest BCUT2D eigenvalue weighted by molar-refractivity contribution is -0.131. The van der Waals surface area contributed by atoms with E-state index < -0.39 is 5.97 Å². The summed E-state index contributed by atoms with van der Waals surface area (Å²) in [4.78, 5) is 13.0. The van der Waals surface area contributed by atoms with Crippen LogP contribution in [0.25, 0.3) is 6.08 Å². The normalized spacial score (nSPS) is 17.1. The first kappa shape index (κ1) is 14.1. The Morgan fingerprint density at radius 1 is 1.42 bits per heavy atom.